The van der Waals surface area contributed by atoms with Crippen LogP contribution in [0.2, 0.25) is 0 Å². The summed E-state index contributed by atoms with van der Waals surface area (Å²) in [5, 5.41) is 3.49. The fourth-order valence-corrected chi connectivity index (χ4v) is 2.22. The third-order valence-corrected chi connectivity index (χ3v) is 3.59. The molecule has 0 saturated carbocycles. The Labute approximate surface area is 128 Å². The van der Waals surface area contributed by atoms with Crippen LogP contribution in [-0.4, -0.2) is 6.61 Å². The SMILES string of the molecule is CCOCc1ccc(CNCc2ccc(CC)cc2)cc1. The minimum Gasteiger partial charge on any atom is -0.377 e. The Morgan fingerprint density at radius 2 is 1.19 bits per heavy atom. The molecule has 0 atom stereocenters. The molecule has 2 rings (SSSR count). The summed E-state index contributed by atoms with van der Waals surface area (Å²) in [5.74, 6) is 0. The Bertz CT molecular complexity index is 516. The summed E-state index contributed by atoms with van der Waals surface area (Å²) >= 11 is 0. The number of nitrogens with one attached hydrogen (secondary N) is 1. The van der Waals surface area contributed by atoms with Crippen LogP contribution in [0.1, 0.15) is 36.1 Å². The number of benzene rings is 2. The summed E-state index contributed by atoms with van der Waals surface area (Å²) in [6.07, 6.45) is 1.10. The van der Waals surface area contributed by atoms with Crippen LogP contribution >= 0.6 is 0 Å². The zero-order valence-electron chi connectivity index (χ0n) is 13.1. The van der Waals surface area contributed by atoms with Crippen LogP contribution in [0.15, 0.2) is 48.5 Å². The molecule has 2 aromatic rings. The zero-order chi connectivity index (χ0) is 14.9. The van der Waals surface area contributed by atoms with Crippen LogP contribution in [0.4, 0.5) is 0 Å². The highest BCUT2D eigenvalue weighted by atomic mass is 16.5. The maximum atomic E-state index is 5.40. The van der Waals surface area contributed by atoms with Gasteiger partial charge in [-0.15, -0.1) is 0 Å². The molecule has 2 aromatic carbocycles. The van der Waals surface area contributed by atoms with Gasteiger partial charge < -0.3 is 10.1 Å². The minimum atomic E-state index is 0.702. The van der Waals surface area contributed by atoms with Crippen LogP contribution in [-0.2, 0) is 30.9 Å². The highest BCUT2D eigenvalue weighted by Gasteiger charge is 1.97. The standard InChI is InChI=1S/C19H25NO/c1-3-16-5-7-17(8-6-16)13-20-14-18-9-11-19(12-10-18)15-21-4-2/h5-12,20H,3-4,13-15H2,1-2H3. The number of ether oxygens (including phenoxy) is 1. The van der Waals surface area contributed by atoms with Gasteiger partial charge in [-0.2, -0.15) is 0 Å². The van der Waals surface area contributed by atoms with Gasteiger partial charge in [-0.05, 0) is 35.6 Å². The molecule has 2 nitrogen and oxygen atoms in total. The second kappa shape index (κ2) is 8.60. The van der Waals surface area contributed by atoms with Crippen LogP contribution in [0.3, 0.4) is 0 Å². The van der Waals surface area contributed by atoms with Crippen LogP contribution in [0.25, 0.3) is 0 Å². The van der Waals surface area contributed by atoms with Crippen molar-refractivity contribution in [3.05, 3.63) is 70.8 Å². The van der Waals surface area contributed by atoms with Crippen molar-refractivity contribution in [2.75, 3.05) is 6.61 Å². The monoisotopic (exact) mass is 283 g/mol. The first-order valence-corrected chi connectivity index (χ1v) is 7.76. The van der Waals surface area contributed by atoms with Crippen LogP contribution < -0.4 is 5.32 Å². The average molecular weight is 283 g/mol. The lowest BCUT2D eigenvalue weighted by Gasteiger charge is -2.07. The topological polar surface area (TPSA) is 21.3 Å². The van der Waals surface area contributed by atoms with E-state index in [1.807, 2.05) is 6.92 Å². The Morgan fingerprint density at radius 1 is 0.714 bits per heavy atom. The molecule has 0 aromatic heterocycles. The van der Waals surface area contributed by atoms with Crippen molar-refractivity contribution in [2.45, 2.75) is 40.0 Å². The molecule has 0 radical (unpaired) electrons. The minimum absolute atomic E-state index is 0.702. The normalized spacial score (nSPS) is 10.8. The van der Waals surface area contributed by atoms with E-state index in [1.165, 1.54) is 22.3 Å². The molecular weight excluding hydrogens is 258 g/mol. The molecule has 0 bridgehead atoms. The molecule has 0 heterocycles. The highest BCUT2D eigenvalue weighted by Crippen LogP contribution is 2.07. The lowest BCUT2D eigenvalue weighted by atomic mass is 10.1. The molecule has 1 N–H and O–H groups in total. The largest absolute Gasteiger partial charge is 0.377 e. The van der Waals surface area contributed by atoms with E-state index in [0.29, 0.717) is 6.61 Å². The van der Waals surface area contributed by atoms with Gasteiger partial charge in [0.15, 0.2) is 0 Å². The van der Waals surface area contributed by atoms with E-state index in [1.54, 1.807) is 0 Å². The van der Waals surface area contributed by atoms with E-state index in [-0.39, 0.29) is 0 Å². The second-order valence-corrected chi connectivity index (χ2v) is 5.23. The van der Waals surface area contributed by atoms with Gasteiger partial charge >= 0.3 is 0 Å². The van der Waals surface area contributed by atoms with Crippen LogP contribution in [0, 0.1) is 0 Å². The van der Waals surface area contributed by atoms with E-state index in [0.717, 1.165) is 26.1 Å². The maximum Gasteiger partial charge on any atom is 0.0716 e. The Kier molecular flexibility index (Phi) is 6.45. The molecule has 0 spiro atoms. The van der Waals surface area contributed by atoms with E-state index in [4.69, 9.17) is 4.74 Å². The predicted octanol–water partition coefficient (Wildman–Crippen LogP) is 4.08. The fourth-order valence-electron chi connectivity index (χ4n) is 2.22. The Hall–Kier alpha value is -1.64. The van der Waals surface area contributed by atoms with Crippen molar-refractivity contribution in [1.29, 1.82) is 0 Å². The van der Waals surface area contributed by atoms with Gasteiger partial charge in [0.25, 0.3) is 0 Å². The Morgan fingerprint density at radius 3 is 1.67 bits per heavy atom. The van der Waals surface area contributed by atoms with Gasteiger partial charge in [0.2, 0.25) is 0 Å². The van der Waals surface area contributed by atoms with Crippen molar-refractivity contribution in [1.82, 2.24) is 5.32 Å². The van der Waals surface area contributed by atoms with Gasteiger partial charge in [-0.25, -0.2) is 0 Å². The molecule has 0 aliphatic carbocycles. The molecule has 0 aliphatic rings. The summed E-state index contributed by atoms with van der Waals surface area (Å²) in [5.41, 5.74) is 5.26. The van der Waals surface area contributed by atoms with Gasteiger partial charge in [0, 0.05) is 19.7 Å². The molecular formula is C19H25NO. The summed E-state index contributed by atoms with van der Waals surface area (Å²) in [4.78, 5) is 0. The first kappa shape index (κ1) is 15.7. The van der Waals surface area contributed by atoms with Gasteiger partial charge in [0.05, 0.1) is 6.61 Å². The molecule has 112 valence electrons. The van der Waals surface area contributed by atoms with Crippen molar-refractivity contribution >= 4 is 0 Å². The number of aryl methyl sites for hydroxylation is 1. The van der Waals surface area contributed by atoms with Gasteiger partial charge in [0.1, 0.15) is 0 Å². The third kappa shape index (κ3) is 5.33. The molecule has 0 unspecified atom stereocenters. The third-order valence-electron chi connectivity index (χ3n) is 3.59. The number of rotatable bonds is 8. The second-order valence-electron chi connectivity index (χ2n) is 5.23. The summed E-state index contributed by atoms with van der Waals surface area (Å²) in [6, 6.07) is 17.4. The maximum absolute atomic E-state index is 5.40. The van der Waals surface area contributed by atoms with Crippen molar-refractivity contribution in [3.8, 4) is 0 Å². The summed E-state index contributed by atoms with van der Waals surface area (Å²) in [7, 11) is 0. The Balaban J connectivity index is 1.77. The van der Waals surface area contributed by atoms with E-state index < -0.39 is 0 Å². The van der Waals surface area contributed by atoms with E-state index >= 15 is 0 Å². The predicted molar refractivity (Wildman–Crippen MR) is 88.1 cm³/mol. The van der Waals surface area contributed by atoms with E-state index in [2.05, 4.69) is 60.8 Å². The number of hydrogen-bond acceptors (Lipinski definition) is 2. The van der Waals surface area contributed by atoms with Crippen molar-refractivity contribution < 1.29 is 4.74 Å². The van der Waals surface area contributed by atoms with E-state index in [9.17, 15) is 0 Å². The average Bonchev–Trinajstić information content (AvgIpc) is 2.55. The molecule has 21 heavy (non-hydrogen) atoms. The first-order valence-electron chi connectivity index (χ1n) is 7.76. The summed E-state index contributed by atoms with van der Waals surface area (Å²) < 4.78 is 5.40. The van der Waals surface area contributed by atoms with Gasteiger partial charge in [-0.1, -0.05) is 55.5 Å². The lowest BCUT2D eigenvalue weighted by Crippen LogP contribution is -2.12. The van der Waals surface area contributed by atoms with Crippen LogP contribution in [0.5, 0.6) is 0 Å². The number of hydrogen-bond donors (Lipinski definition) is 1. The fraction of sp³-hybridized carbons (Fsp3) is 0.368. The molecule has 2 heteroatoms. The molecule has 0 amide bonds. The lowest BCUT2D eigenvalue weighted by molar-refractivity contribution is 0.134. The quantitative estimate of drug-likeness (QED) is 0.788. The molecule has 0 saturated heterocycles. The first-order chi connectivity index (χ1) is 10.3. The molecule has 0 aliphatic heterocycles. The van der Waals surface area contributed by atoms with Crippen molar-refractivity contribution in [2.24, 2.45) is 0 Å². The highest BCUT2D eigenvalue weighted by molar-refractivity contribution is 5.24. The smallest absolute Gasteiger partial charge is 0.0716 e. The summed E-state index contributed by atoms with van der Waals surface area (Å²) in [6.45, 7) is 7.47. The molecule has 0 fully saturated rings. The van der Waals surface area contributed by atoms with Gasteiger partial charge in [-0.3, -0.25) is 0 Å². The zero-order valence-corrected chi connectivity index (χ0v) is 13.1. The van der Waals surface area contributed by atoms with Crippen molar-refractivity contribution in [3.63, 3.8) is 0 Å².